The van der Waals surface area contributed by atoms with E-state index >= 15 is 0 Å². The first-order chi connectivity index (χ1) is 15.4. The fourth-order valence-electron chi connectivity index (χ4n) is 4.24. The molecule has 7 heteroatoms. The number of fused-ring (bicyclic) bond motifs is 1. The number of carbonyl (C=O) groups excluding carboxylic acids is 2. The van der Waals surface area contributed by atoms with Crippen molar-refractivity contribution in [3.63, 3.8) is 0 Å². The predicted octanol–water partition coefficient (Wildman–Crippen LogP) is 5.17. The average Bonchev–Trinajstić information content (AvgIpc) is 3.19. The summed E-state index contributed by atoms with van der Waals surface area (Å²) in [6.45, 7) is 9.71. The Morgan fingerprint density at radius 3 is 2.50 bits per heavy atom. The van der Waals surface area contributed by atoms with Gasteiger partial charge < -0.3 is 14.5 Å². The third kappa shape index (κ3) is 4.93. The minimum atomic E-state index is -0.377. The summed E-state index contributed by atoms with van der Waals surface area (Å²) in [5.74, 6) is -0.271. The minimum Gasteiger partial charge on any atom is -0.466 e. The monoisotopic (exact) mass is 455 g/mol. The summed E-state index contributed by atoms with van der Waals surface area (Å²) in [6, 6.07) is 7.78. The molecule has 1 atom stereocenters. The van der Waals surface area contributed by atoms with Gasteiger partial charge in [0.2, 0.25) is 5.91 Å². The number of ether oxygens (including phenoxy) is 1. The Labute approximate surface area is 195 Å². The van der Waals surface area contributed by atoms with E-state index in [4.69, 9.17) is 9.73 Å². The number of aliphatic imine (C=N–C) groups is 1. The van der Waals surface area contributed by atoms with E-state index < -0.39 is 0 Å². The number of allylic oxidation sites excluding steroid dienone is 1. The van der Waals surface area contributed by atoms with Crippen LogP contribution in [0.4, 0.5) is 0 Å². The molecular weight excluding hydrogens is 422 g/mol. The second kappa shape index (κ2) is 10.9. The Kier molecular flexibility index (Phi) is 8.18. The molecule has 2 aliphatic rings. The molecule has 0 N–H and O–H groups in total. The highest BCUT2D eigenvalue weighted by Gasteiger charge is 2.41. The van der Waals surface area contributed by atoms with Crippen LogP contribution in [0, 0.1) is 6.92 Å². The lowest BCUT2D eigenvalue weighted by atomic mass is 9.92. The van der Waals surface area contributed by atoms with Crippen LogP contribution in [0.1, 0.15) is 63.6 Å². The van der Waals surface area contributed by atoms with Crippen molar-refractivity contribution in [1.29, 1.82) is 0 Å². The molecule has 2 heterocycles. The van der Waals surface area contributed by atoms with E-state index in [9.17, 15) is 9.59 Å². The van der Waals surface area contributed by atoms with Crippen molar-refractivity contribution in [2.24, 2.45) is 4.99 Å². The maximum atomic E-state index is 13.1. The number of thioether (sulfide) groups is 1. The number of aryl methyl sites for hydroxylation is 1. The topological polar surface area (TPSA) is 62.2 Å². The van der Waals surface area contributed by atoms with Crippen LogP contribution in [-0.2, 0) is 14.3 Å². The lowest BCUT2D eigenvalue weighted by Crippen LogP contribution is -2.39. The Bertz CT molecular complexity index is 961. The van der Waals surface area contributed by atoms with Crippen molar-refractivity contribution >= 4 is 28.8 Å². The molecule has 0 saturated heterocycles. The normalized spacial score (nSPS) is 17.7. The van der Waals surface area contributed by atoms with Crippen molar-refractivity contribution in [1.82, 2.24) is 9.80 Å². The lowest BCUT2D eigenvalue weighted by Gasteiger charge is -2.37. The molecule has 172 valence electrons. The van der Waals surface area contributed by atoms with Gasteiger partial charge in [-0.25, -0.2) is 9.79 Å². The molecule has 1 aromatic rings. The van der Waals surface area contributed by atoms with Gasteiger partial charge in [-0.1, -0.05) is 62.4 Å². The molecule has 0 radical (unpaired) electrons. The first-order valence-electron chi connectivity index (χ1n) is 11.3. The largest absolute Gasteiger partial charge is 0.466 e. The summed E-state index contributed by atoms with van der Waals surface area (Å²) in [7, 11) is 1.40. The molecule has 0 saturated carbocycles. The molecule has 2 aliphatic heterocycles. The molecule has 0 bridgehead atoms. The molecule has 1 aromatic carbocycles. The van der Waals surface area contributed by atoms with Gasteiger partial charge in [0, 0.05) is 18.8 Å². The number of benzene rings is 1. The molecule has 32 heavy (non-hydrogen) atoms. The van der Waals surface area contributed by atoms with Crippen LogP contribution in [0.3, 0.4) is 0 Å². The van der Waals surface area contributed by atoms with Gasteiger partial charge >= 0.3 is 5.97 Å². The van der Waals surface area contributed by atoms with Crippen molar-refractivity contribution < 1.29 is 14.3 Å². The number of hydrogen-bond acceptors (Lipinski definition) is 6. The van der Waals surface area contributed by atoms with Crippen LogP contribution >= 0.6 is 11.8 Å². The highest BCUT2D eigenvalue weighted by Crippen LogP contribution is 2.45. The van der Waals surface area contributed by atoms with Gasteiger partial charge in [-0.3, -0.25) is 4.79 Å². The first-order valence-corrected chi connectivity index (χ1v) is 12.2. The third-order valence-corrected chi connectivity index (χ3v) is 6.55. The summed E-state index contributed by atoms with van der Waals surface area (Å²) in [4.78, 5) is 34.9. The molecule has 3 rings (SSSR count). The zero-order chi connectivity index (χ0) is 23.3. The maximum Gasteiger partial charge on any atom is 0.338 e. The Morgan fingerprint density at radius 2 is 1.91 bits per heavy atom. The van der Waals surface area contributed by atoms with E-state index in [-0.39, 0.29) is 24.3 Å². The zero-order valence-electron chi connectivity index (χ0n) is 19.7. The molecular formula is C25H33N3O3S. The quantitative estimate of drug-likeness (QED) is 0.481. The van der Waals surface area contributed by atoms with Crippen LogP contribution in [0.25, 0.3) is 0 Å². The van der Waals surface area contributed by atoms with E-state index in [2.05, 4.69) is 24.8 Å². The van der Waals surface area contributed by atoms with Gasteiger partial charge in [-0.05, 0) is 37.2 Å². The van der Waals surface area contributed by atoms with Crippen molar-refractivity contribution in [3.05, 3.63) is 57.8 Å². The van der Waals surface area contributed by atoms with E-state index in [0.29, 0.717) is 12.0 Å². The Hall–Kier alpha value is -2.54. The number of rotatable bonds is 9. The van der Waals surface area contributed by atoms with Crippen LogP contribution in [0.2, 0.25) is 0 Å². The van der Waals surface area contributed by atoms with Crippen LogP contribution < -0.4 is 0 Å². The highest BCUT2D eigenvalue weighted by molar-refractivity contribution is 8.16. The SMILES string of the molecule is CCCN(CCC)C(=O)CC1=CSC2=NC(CC)=C(C(=O)OC)C(c3cccc(C)c3)N12. The van der Waals surface area contributed by atoms with Gasteiger partial charge in [0.1, 0.15) is 0 Å². The highest BCUT2D eigenvalue weighted by atomic mass is 32.2. The third-order valence-electron chi connectivity index (χ3n) is 5.66. The minimum absolute atomic E-state index is 0.106. The van der Waals surface area contributed by atoms with Crippen molar-refractivity contribution in [3.8, 4) is 0 Å². The smallest absolute Gasteiger partial charge is 0.338 e. The zero-order valence-corrected chi connectivity index (χ0v) is 20.5. The van der Waals surface area contributed by atoms with Crippen LogP contribution in [-0.4, -0.2) is 47.0 Å². The maximum absolute atomic E-state index is 13.1. The lowest BCUT2D eigenvalue weighted by molar-refractivity contribution is -0.136. The number of carbonyl (C=O) groups is 2. The summed E-state index contributed by atoms with van der Waals surface area (Å²) < 4.78 is 5.18. The van der Waals surface area contributed by atoms with Gasteiger partial charge in [0.25, 0.3) is 0 Å². The molecule has 0 aromatic heterocycles. The standard InChI is InChI=1S/C25H33N3O3S/c1-6-12-27(13-7-2)21(29)15-19-16-32-25-26-20(8-3)22(24(30)31-5)23(28(19)25)18-11-9-10-17(4)14-18/h9-11,14,16,23H,6-8,12-13,15H2,1-5H3. The number of amides is 1. The summed E-state index contributed by atoms with van der Waals surface area (Å²) in [5.41, 5.74) is 4.26. The number of nitrogens with zero attached hydrogens (tertiary/aromatic N) is 3. The summed E-state index contributed by atoms with van der Waals surface area (Å²) >= 11 is 1.51. The van der Waals surface area contributed by atoms with Gasteiger partial charge in [0.05, 0.1) is 30.8 Å². The van der Waals surface area contributed by atoms with Crippen molar-refractivity contribution in [2.75, 3.05) is 20.2 Å². The number of amidine groups is 1. The molecule has 0 aliphatic carbocycles. The molecule has 1 unspecified atom stereocenters. The second-order valence-electron chi connectivity index (χ2n) is 8.07. The second-order valence-corrected chi connectivity index (χ2v) is 8.91. The molecule has 6 nitrogen and oxygen atoms in total. The Balaban J connectivity index is 2.03. The van der Waals surface area contributed by atoms with E-state index in [1.807, 2.05) is 42.4 Å². The molecule has 1 amide bonds. The molecule has 0 fully saturated rings. The number of methoxy groups -OCH3 is 1. The van der Waals surface area contributed by atoms with Crippen LogP contribution in [0.15, 0.2) is 51.6 Å². The molecule has 0 spiro atoms. The number of hydrogen-bond donors (Lipinski definition) is 0. The fraction of sp³-hybridized carbons (Fsp3) is 0.480. The van der Waals surface area contributed by atoms with Crippen LogP contribution in [0.5, 0.6) is 0 Å². The van der Waals surface area contributed by atoms with Crippen molar-refractivity contribution in [2.45, 2.75) is 59.4 Å². The van der Waals surface area contributed by atoms with Gasteiger partial charge in [-0.2, -0.15) is 0 Å². The fourth-order valence-corrected chi connectivity index (χ4v) is 5.17. The first kappa shape index (κ1) is 24.1. The van der Waals surface area contributed by atoms with Gasteiger partial charge in [0.15, 0.2) is 5.17 Å². The Morgan fingerprint density at radius 1 is 1.19 bits per heavy atom. The predicted molar refractivity (Wildman–Crippen MR) is 130 cm³/mol. The summed E-state index contributed by atoms with van der Waals surface area (Å²) in [5, 5.41) is 2.81. The number of esters is 1. The summed E-state index contributed by atoms with van der Waals surface area (Å²) in [6.07, 6.45) is 2.76. The average molecular weight is 456 g/mol. The van der Waals surface area contributed by atoms with E-state index in [1.54, 1.807) is 0 Å². The van der Waals surface area contributed by atoms with Gasteiger partial charge in [-0.15, -0.1) is 0 Å². The van der Waals surface area contributed by atoms with E-state index in [1.165, 1.54) is 18.9 Å². The van der Waals surface area contributed by atoms with E-state index in [0.717, 1.165) is 53.6 Å².